The SMILES string of the molecule is CCNCc1cc(-c2cccs2)cs1. The van der Waals surface area contributed by atoms with E-state index in [0.29, 0.717) is 0 Å². The fourth-order valence-corrected chi connectivity index (χ4v) is 2.94. The van der Waals surface area contributed by atoms with Gasteiger partial charge in [-0.25, -0.2) is 0 Å². The monoisotopic (exact) mass is 223 g/mol. The number of nitrogens with one attached hydrogen (secondary N) is 1. The van der Waals surface area contributed by atoms with Crippen LogP contribution in [0.3, 0.4) is 0 Å². The van der Waals surface area contributed by atoms with Gasteiger partial charge in [-0.15, -0.1) is 22.7 Å². The second-order valence-electron chi connectivity index (χ2n) is 3.06. The van der Waals surface area contributed by atoms with Crippen LogP contribution in [0.15, 0.2) is 29.0 Å². The molecule has 74 valence electrons. The molecule has 2 rings (SSSR count). The van der Waals surface area contributed by atoms with Crippen molar-refractivity contribution in [2.45, 2.75) is 13.5 Å². The number of thiophene rings is 2. The van der Waals surface area contributed by atoms with E-state index in [1.54, 1.807) is 11.3 Å². The average Bonchev–Trinajstić information content (AvgIpc) is 2.85. The highest BCUT2D eigenvalue weighted by Crippen LogP contribution is 2.28. The Morgan fingerprint density at radius 3 is 3.00 bits per heavy atom. The summed E-state index contributed by atoms with van der Waals surface area (Å²) in [6.45, 7) is 4.16. The van der Waals surface area contributed by atoms with E-state index in [0.717, 1.165) is 13.1 Å². The summed E-state index contributed by atoms with van der Waals surface area (Å²) in [6.07, 6.45) is 0. The van der Waals surface area contributed by atoms with Crippen molar-refractivity contribution in [2.24, 2.45) is 0 Å². The molecule has 3 heteroatoms. The van der Waals surface area contributed by atoms with Crippen LogP contribution in [0, 0.1) is 0 Å². The van der Waals surface area contributed by atoms with Gasteiger partial charge in [-0.2, -0.15) is 0 Å². The van der Waals surface area contributed by atoms with Gasteiger partial charge < -0.3 is 5.32 Å². The molecular weight excluding hydrogens is 210 g/mol. The lowest BCUT2D eigenvalue weighted by molar-refractivity contribution is 0.735. The zero-order valence-electron chi connectivity index (χ0n) is 8.12. The van der Waals surface area contributed by atoms with Crippen molar-refractivity contribution in [3.63, 3.8) is 0 Å². The Bertz CT molecular complexity index is 376. The van der Waals surface area contributed by atoms with Crippen molar-refractivity contribution < 1.29 is 0 Å². The minimum absolute atomic E-state index is 0.993. The van der Waals surface area contributed by atoms with Crippen molar-refractivity contribution in [3.8, 4) is 10.4 Å². The summed E-state index contributed by atoms with van der Waals surface area (Å²) in [5.41, 5.74) is 1.36. The summed E-state index contributed by atoms with van der Waals surface area (Å²) in [5.74, 6) is 0. The van der Waals surface area contributed by atoms with Crippen LogP contribution in [0.5, 0.6) is 0 Å². The van der Waals surface area contributed by atoms with Gasteiger partial charge in [-0.1, -0.05) is 13.0 Å². The Morgan fingerprint density at radius 1 is 1.36 bits per heavy atom. The molecule has 0 amide bonds. The third-order valence-corrected chi connectivity index (χ3v) is 3.86. The molecule has 0 atom stereocenters. The molecule has 2 aromatic heterocycles. The van der Waals surface area contributed by atoms with E-state index >= 15 is 0 Å². The fraction of sp³-hybridized carbons (Fsp3) is 0.273. The second kappa shape index (κ2) is 4.73. The first-order valence-electron chi connectivity index (χ1n) is 4.72. The molecule has 0 saturated heterocycles. The summed E-state index contributed by atoms with van der Waals surface area (Å²) in [6, 6.07) is 6.55. The quantitative estimate of drug-likeness (QED) is 0.835. The van der Waals surface area contributed by atoms with Crippen molar-refractivity contribution >= 4 is 22.7 Å². The molecule has 0 aliphatic carbocycles. The maximum atomic E-state index is 3.34. The minimum Gasteiger partial charge on any atom is -0.312 e. The summed E-state index contributed by atoms with van der Waals surface area (Å²) in [7, 11) is 0. The van der Waals surface area contributed by atoms with Crippen LogP contribution >= 0.6 is 22.7 Å². The van der Waals surface area contributed by atoms with Crippen LogP contribution in [0.1, 0.15) is 11.8 Å². The van der Waals surface area contributed by atoms with E-state index < -0.39 is 0 Å². The number of hydrogen-bond donors (Lipinski definition) is 1. The Morgan fingerprint density at radius 2 is 2.29 bits per heavy atom. The highest BCUT2D eigenvalue weighted by Gasteiger charge is 2.02. The molecule has 0 bridgehead atoms. The number of rotatable bonds is 4. The van der Waals surface area contributed by atoms with Crippen LogP contribution in [-0.4, -0.2) is 6.54 Å². The lowest BCUT2D eigenvalue weighted by Gasteiger charge is -1.95. The van der Waals surface area contributed by atoms with Crippen molar-refractivity contribution in [3.05, 3.63) is 33.8 Å². The van der Waals surface area contributed by atoms with Gasteiger partial charge in [-0.05, 0) is 29.4 Å². The van der Waals surface area contributed by atoms with Crippen LogP contribution in [0.2, 0.25) is 0 Å². The van der Waals surface area contributed by atoms with Crippen LogP contribution in [0.25, 0.3) is 10.4 Å². The highest BCUT2D eigenvalue weighted by molar-refractivity contribution is 7.14. The molecule has 0 aliphatic heterocycles. The normalized spacial score (nSPS) is 10.6. The molecule has 2 heterocycles. The van der Waals surface area contributed by atoms with E-state index in [2.05, 4.69) is 41.2 Å². The van der Waals surface area contributed by atoms with Gasteiger partial charge in [0.2, 0.25) is 0 Å². The smallest absolute Gasteiger partial charge is 0.0351 e. The van der Waals surface area contributed by atoms with Gasteiger partial charge in [0.1, 0.15) is 0 Å². The van der Waals surface area contributed by atoms with Gasteiger partial charge >= 0.3 is 0 Å². The molecule has 0 aliphatic rings. The topological polar surface area (TPSA) is 12.0 Å². The molecule has 2 aromatic rings. The standard InChI is InChI=1S/C11H13NS2/c1-2-12-7-10-6-9(8-14-10)11-4-3-5-13-11/h3-6,8,12H,2,7H2,1H3. The molecule has 0 aromatic carbocycles. The molecule has 1 nitrogen and oxygen atoms in total. The number of hydrogen-bond acceptors (Lipinski definition) is 3. The van der Waals surface area contributed by atoms with E-state index in [-0.39, 0.29) is 0 Å². The zero-order chi connectivity index (χ0) is 9.80. The highest BCUT2D eigenvalue weighted by atomic mass is 32.1. The maximum Gasteiger partial charge on any atom is 0.0351 e. The Balaban J connectivity index is 2.10. The van der Waals surface area contributed by atoms with E-state index in [9.17, 15) is 0 Å². The summed E-state index contributed by atoms with van der Waals surface area (Å²) in [4.78, 5) is 2.78. The molecule has 0 spiro atoms. The molecule has 0 radical (unpaired) electrons. The van der Waals surface area contributed by atoms with Crippen LogP contribution in [-0.2, 0) is 6.54 Å². The third-order valence-electron chi connectivity index (χ3n) is 2.01. The molecule has 0 saturated carbocycles. The first-order chi connectivity index (χ1) is 6.90. The Hall–Kier alpha value is -0.640. The van der Waals surface area contributed by atoms with E-state index in [4.69, 9.17) is 0 Å². The van der Waals surface area contributed by atoms with Crippen molar-refractivity contribution in [1.82, 2.24) is 5.32 Å². The molecular formula is C11H13NS2. The van der Waals surface area contributed by atoms with Crippen molar-refractivity contribution in [2.75, 3.05) is 6.54 Å². The largest absolute Gasteiger partial charge is 0.312 e. The summed E-state index contributed by atoms with van der Waals surface area (Å²) in [5, 5.41) is 7.69. The van der Waals surface area contributed by atoms with Crippen LogP contribution < -0.4 is 5.32 Å². The molecule has 1 N–H and O–H groups in total. The minimum atomic E-state index is 0.993. The summed E-state index contributed by atoms with van der Waals surface area (Å²) >= 11 is 3.63. The molecule has 0 fully saturated rings. The van der Waals surface area contributed by atoms with Crippen LogP contribution in [0.4, 0.5) is 0 Å². The average molecular weight is 223 g/mol. The predicted octanol–water partition coefficient (Wildman–Crippen LogP) is 3.59. The third kappa shape index (κ3) is 2.23. The maximum absolute atomic E-state index is 3.34. The summed E-state index contributed by atoms with van der Waals surface area (Å²) < 4.78 is 0. The van der Waals surface area contributed by atoms with Gasteiger partial charge in [0, 0.05) is 21.9 Å². The lowest BCUT2D eigenvalue weighted by atomic mass is 10.2. The van der Waals surface area contributed by atoms with Gasteiger partial charge in [-0.3, -0.25) is 0 Å². The van der Waals surface area contributed by atoms with Gasteiger partial charge in [0.25, 0.3) is 0 Å². The van der Waals surface area contributed by atoms with E-state index in [1.807, 2.05) is 11.3 Å². The zero-order valence-corrected chi connectivity index (χ0v) is 9.75. The first-order valence-corrected chi connectivity index (χ1v) is 6.48. The van der Waals surface area contributed by atoms with Gasteiger partial charge in [0.15, 0.2) is 0 Å². The molecule has 0 unspecified atom stereocenters. The second-order valence-corrected chi connectivity index (χ2v) is 5.00. The van der Waals surface area contributed by atoms with E-state index in [1.165, 1.54) is 15.3 Å². The molecule has 14 heavy (non-hydrogen) atoms. The fourth-order valence-electron chi connectivity index (χ4n) is 1.29. The lowest BCUT2D eigenvalue weighted by Crippen LogP contribution is -2.10. The Kier molecular flexibility index (Phi) is 3.35. The first kappa shape index (κ1) is 9.90. The van der Waals surface area contributed by atoms with Crippen molar-refractivity contribution in [1.29, 1.82) is 0 Å². The predicted molar refractivity (Wildman–Crippen MR) is 65.0 cm³/mol. The Labute approximate surface area is 92.4 Å². The van der Waals surface area contributed by atoms with Gasteiger partial charge in [0.05, 0.1) is 0 Å².